The van der Waals surface area contributed by atoms with Crippen LogP contribution in [0.25, 0.3) is 22.2 Å². The van der Waals surface area contributed by atoms with Gasteiger partial charge in [0, 0.05) is 10.9 Å². The maximum Gasteiger partial charge on any atom is 0.256 e. The lowest BCUT2D eigenvalue weighted by Crippen LogP contribution is -2.13. The molecule has 144 valence electrons. The number of methoxy groups -OCH3 is 2. The number of nitrogens with one attached hydrogen (secondary N) is 1. The third-order valence-electron chi connectivity index (χ3n) is 4.70. The molecule has 0 spiro atoms. The van der Waals surface area contributed by atoms with Crippen molar-refractivity contribution in [2.45, 2.75) is 0 Å². The number of benzene rings is 3. The molecule has 5 heteroatoms. The van der Waals surface area contributed by atoms with Gasteiger partial charge in [0.15, 0.2) is 0 Å². The summed E-state index contributed by atoms with van der Waals surface area (Å²) >= 11 is 0. The van der Waals surface area contributed by atoms with Crippen molar-refractivity contribution < 1.29 is 14.3 Å². The number of carbonyl (C=O) groups is 1. The minimum atomic E-state index is -0.232. The highest BCUT2D eigenvalue weighted by Crippen LogP contribution is 2.32. The average molecular weight is 384 g/mol. The van der Waals surface area contributed by atoms with Crippen LogP contribution < -0.4 is 14.8 Å². The summed E-state index contributed by atoms with van der Waals surface area (Å²) in [6.45, 7) is 0. The van der Waals surface area contributed by atoms with Crippen molar-refractivity contribution in [3.63, 3.8) is 0 Å². The lowest BCUT2D eigenvalue weighted by Gasteiger charge is -2.13. The quantitative estimate of drug-likeness (QED) is 0.516. The van der Waals surface area contributed by atoms with Crippen LogP contribution in [0, 0.1) is 0 Å². The predicted octanol–water partition coefficient (Wildman–Crippen LogP) is 5.17. The Kier molecular flexibility index (Phi) is 5.12. The highest BCUT2D eigenvalue weighted by molar-refractivity contribution is 6.13. The van der Waals surface area contributed by atoms with Crippen molar-refractivity contribution in [2.24, 2.45) is 0 Å². The zero-order chi connectivity index (χ0) is 20.2. The van der Waals surface area contributed by atoms with Gasteiger partial charge < -0.3 is 14.8 Å². The van der Waals surface area contributed by atoms with Gasteiger partial charge in [-0.3, -0.25) is 4.79 Å². The Bertz CT molecular complexity index is 1190. The number of anilines is 1. The molecule has 4 rings (SSSR count). The molecule has 0 radical (unpaired) electrons. The van der Waals surface area contributed by atoms with Crippen LogP contribution in [0.1, 0.15) is 10.4 Å². The van der Waals surface area contributed by atoms with Crippen molar-refractivity contribution >= 4 is 22.5 Å². The van der Waals surface area contributed by atoms with E-state index in [1.807, 2.05) is 60.7 Å². The van der Waals surface area contributed by atoms with Crippen LogP contribution in [0.3, 0.4) is 0 Å². The summed E-state index contributed by atoms with van der Waals surface area (Å²) in [6, 6.07) is 24.3. The third-order valence-corrected chi connectivity index (χ3v) is 4.70. The van der Waals surface area contributed by atoms with Gasteiger partial charge >= 0.3 is 0 Å². The molecular formula is C24H20N2O3. The van der Waals surface area contributed by atoms with E-state index in [4.69, 9.17) is 14.5 Å². The molecule has 0 saturated heterocycles. The van der Waals surface area contributed by atoms with Gasteiger partial charge in [-0.15, -0.1) is 0 Å². The number of hydrogen-bond acceptors (Lipinski definition) is 4. The van der Waals surface area contributed by atoms with E-state index in [1.54, 1.807) is 32.4 Å². The third kappa shape index (κ3) is 3.62. The van der Waals surface area contributed by atoms with Crippen LogP contribution in [0.15, 0.2) is 78.9 Å². The predicted molar refractivity (Wildman–Crippen MR) is 115 cm³/mol. The molecular weight excluding hydrogens is 364 g/mol. The van der Waals surface area contributed by atoms with Gasteiger partial charge in [0.2, 0.25) is 0 Å². The second-order valence-corrected chi connectivity index (χ2v) is 6.43. The van der Waals surface area contributed by atoms with Crippen molar-refractivity contribution in [3.8, 4) is 22.8 Å². The van der Waals surface area contributed by atoms with Crippen molar-refractivity contribution in [1.29, 1.82) is 0 Å². The molecule has 0 bridgehead atoms. The summed E-state index contributed by atoms with van der Waals surface area (Å²) in [7, 11) is 3.20. The first-order chi connectivity index (χ1) is 14.2. The molecule has 1 N–H and O–H groups in total. The summed E-state index contributed by atoms with van der Waals surface area (Å²) in [5, 5.41) is 3.73. The number of ether oxygens (including phenoxy) is 2. The first-order valence-electron chi connectivity index (χ1n) is 9.19. The zero-order valence-electron chi connectivity index (χ0n) is 16.2. The molecule has 1 aromatic heterocycles. The smallest absolute Gasteiger partial charge is 0.256 e. The molecule has 4 aromatic rings. The summed E-state index contributed by atoms with van der Waals surface area (Å²) in [4.78, 5) is 18.0. The Labute approximate surface area is 168 Å². The maximum atomic E-state index is 13.2. The highest BCUT2D eigenvalue weighted by atomic mass is 16.5. The van der Waals surface area contributed by atoms with E-state index in [2.05, 4.69) is 5.32 Å². The minimum Gasteiger partial charge on any atom is -0.496 e. The van der Waals surface area contributed by atoms with E-state index in [1.165, 1.54) is 0 Å². The Morgan fingerprint density at radius 3 is 2.28 bits per heavy atom. The Hall–Kier alpha value is -3.86. The molecule has 0 aliphatic heterocycles. The molecule has 0 aliphatic carbocycles. The summed E-state index contributed by atoms with van der Waals surface area (Å²) in [6.07, 6.45) is 0. The lowest BCUT2D eigenvalue weighted by atomic mass is 10.0. The number of pyridine rings is 1. The Balaban J connectivity index is 1.84. The molecule has 0 saturated carbocycles. The fourth-order valence-electron chi connectivity index (χ4n) is 3.30. The summed E-state index contributed by atoms with van der Waals surface area (Å²) in [5.74, 6) is 1.07. The van der Waals surface area contributed by atoms with Gasteiger partial charge in [0.1, 0.15) is 11.5 Å². The molecule has 0 fully saturated rings. The first-order valence-corrected chi connectivity index (χ1v) is 9.19. The Morgan fingerprint density at radius 2 is 1.48 bits per heavy atom. The van der Waals surface area contributed by atoms with Crippen molar-refractivity contribution in [3.05, 3.63) is 84.4 Å². The number of aromatic nitrogens is 1. The molecule has 5 nitrogen and oxygen atoms in total. The molecule has 29 heavy (non-hydrogen) atoms. The molecule has 1 heterocycles. The average Bonchev–Trinajstić information content (AvgIpc) is 2.78. The van der Waals surface area contributed by atoms with E-state index >= 15 is 0 Å². The van der Waals surface area contributed by atoms with E-state index in [0.29, 0.717) is 28.4 Å². The molecule has 0 unspecified atom stereocenters. The summed E-state index contributed by atoms with van der Waals surface area (Å²) < 4.78 is 10.8. The van der Waals surface area contributed by atoms with E-state index in [9.17, 15) is 4.79 Å². The van der Waals surface area contributed by atoms with Crippen LogP contribution in [0.5, 0.6) is 11.5 Å². The van der Waals surface area contributed by atoms with Crippen LogP contribution in [0.4, 0.5) is 5.69 Å². The first kappa shape index (κ1) is 18.5. The number of rotatable bonds is 5. The SMILES string of the molecule is COc1ccccc1NC(=O)c1cc(-c2ccccc2OC)nc2ccccc12. The van der Waals surface area contributed by atoms with Gasteiger partial charge in [-0.05, 0) is 36.4 Å². The van der Waals surface area contributed by atoms with E-state index in [0.717, 1.165) is 16.5 Å². The Morgan fingerprint density at radius 1 is 0.828 bits per heavy atom. The van der Waals surface area contributed by atoms with Gasteiger partial charge in [-0.25, -0.2) is 4.98 Å². The monoisotopic (exact) mass is 384 g/mol. The van der Waals surface area contributed by atoms with Crippen molar-refractivity contribution in [1.82, 2.24) is 4.98 Å². The fourth-order valence-corrected chi connectivity index (χ4v) is 3.30. The van der Waals surface area contributed by atoms with Gasteiger partial charge in [-0.2, -0.15) is 0 Å². The van der Waals surface area contributed by atoms with Gasteiger partial charge in [-0.1, -0.05) is 42.5 Å². The number of hydrogen-bond donors (Lipinski definition) is 1. The van der Waals surface area contributed by atoms with Crippen LogP contribution in [0.2, 0.25) is 0 Å². The normalized spacial score (nSPS) is 10.6. The van der Waals surface area contributed by atoms with Gasteiger partial charge in [0.25, 0.3) is 5.91 Å². The standard InChI is InChI=1S/C24H20N2O3/c1-28-22-13-7-4-10-17(22)21-15-18(16-9-3-5-11-19(16)25-21)24(27)26-20-12-6-8-14-23(20)29-2/h3-15H,1-2H3,(H,26,27). The van der Waals surface area contributed by atoms with E-state index < -0.39 is 0 Å². The zero-order valence-corrected chi connectivity index (χ0v) is 16.2. The number of para-hydroxylation sites is 4. The van der Waals surface area contributed by atoms with Crippen LogP contribution in [-0.2, 0) is 0 Å². The second-order valence-electron chi connectivity index (χ2n) is 6.43. The van der Waals surface area contributed by atoms with E-state index in [-0.39, 0.29) is 5.91 Å². The molecule has 1 amide bonds. The summed E-state index contributed by atoms with van der Waals surface area (Å²) in [5.41, 5.74) is 3.38. The minimum absolute atomic E-state index is 0.232. The molecule has 3 aromatic carbocycles. The number of amides is 1. The van der Waals surface area contributed by atoms with Crippen LogP contribution in [-0.4, -0.2) is 25.1 Å². The van der Waals surface area contributed by atoms with Crippen LogP contribution >= 0.6 is 0 Å². The fraction of sp³-hybridized carbons (Fsp3) is 0.0833. The highest BCUT2D eigenvalue weighted by Gasteiger charge is 2.17. The number of fused-ring (bicyclic) bond motifs is 1. The topological polar surface area (TPSA) is 60.5 Å². The lowest BCUT2D eigenvalue weighted by molar-refractivity contribution is 0.102. The largest absolute Gasteiger partial charge is 0.496 e. The van der Waals surface area contributed by atoms with Crippen molar-refractivity contribution in [2.75, 3.05) is 19.5 Å². The second kappa shape index (κ2) is 8.02. The maximum absolute atomic E-state index is 13.2. The van der Waals surface area contributed by atoms with Gasteiger partial charge in [0.05, 0.1) is 36.7 Å². The molecule has 0 atom stereocenters. The number of nitrogens with zero attached hydrogens (tertiary/aromatic N) is 1. The number of carbonyl (C=O) groups excluding carboxylic acids is 1. The molecule has 0 aliphatic rings.